The number of carbonyl (C=O) groups excluding carboxylic acids is 1. The van der Waals surface area contributed by atoms with Gasteiger partial charge in [0, 0.05) is 13.5 Å². The van der Waals surface area contributed by atoms with Crippen LogP contribution >= 0.6 is 0 Å². The van der Waals surface area contributed by atoms with Gasteiger partial charge in [-0.25, -0.2) is 4.79 Å². The molecule has 3 aromatic rings. The van der Waals surface area contributed by atoms with E-state index in [9.17, 15) is 4.79 Å². The van der Waals surface area contributed by atoms with E-state index < -0.39 is 5.54 Å². The van der Waals surface area contributed by atoms with Crippen LogP contribution in [-0.4, -0.2) is 19.7 Å². The summed E-state index contributed by atoms with van der Waals surface area (Å²) in [5.74, 6) is 0.815. The predicted molar refractivity (Wildman–Crippen MR) is 113 cm³/mol. The number of rotatable bonds is 7. The van der Waals surface area contributed by atoms with Crippen LogP contribution in [-0.2, 0) is 5.54 Å². The van der Waals surface area contributed by atoms with Crippen molar-refractivity contribution in [3.63, 3.8) is 0 Å². The van der Waals surface area contributed by atoms with E-state index in [1.54, 1.807) is 7.05 Å². The number of urea groups is 1. The molecule has 4 heteroatoms. The summed E-state index contributed by atoms with van der Waals surface area (Å²) in [5, 5.41) is 5.68. The van der Waals surface area contributed by atoms with Gasteiger partial charge in [-0.15, -0.1) is 0 Å². The summed E-state index contributed by atoms with van der Waals surface area (Å²) in [4.78, 5) is 11.9. The Kier molecular flexibility index (Phi) is 6.33. The molecule has 0 aliphatic carbocycles. The van der Waals surface area contributed by atoms with Crippen LogP contribution in [0, 0.1) is 0 Å². The third-order valence-corrected chi connectivity index (χ3v) is 4.86. The molecular formula is C24H26N2O2. The minimum atomic E-state index is -0.522. The van der Waals surface area contributed by atoms with Crippen molar-refractivity contribution in [2.45, 2.75) is 18.9 Å². The van der Waals surface area contributed by atoms with Crippen molar-refractivity contribution < 1.29 is 9.53 Å². The lowest BCUT2D eigenvalue weighted by atomic mass is 9.89. The fourth-order valence-corrected chi connectivity index (χ4v) is 3.15. The fraction of sp³-hybridized carbons (Fsp3) is 0.208. The Morgan fingerprint density at radius 2 is 1.43 bits per heavy atom. The summed E-state index contributed by atoms with van der Waals surface area (Å²) in [7, 11) is 1.62. The van der Waals surface area contributed by atoms with Gasteiger partial charge in [0.15, 0.2) is 0 Å². The molecule has 0 saturated carbocycles. The molecule has 3 aromatic carbocycles. The van der Waals surface area contributed by atoms with Crippen molar-refractivity contribution in [1.29, 1.82) is 0 Å². The maximum Gasteiger partial charge on any atom is 0.315 e. The van der Waals surface area contributed by atoms with E-state index in [0.717, 1.165) is 16.9 Å². The highest BCUT2D eigenvalue weighted by atomic mass is 16.5. The average molecular weight is 374 g/mol. The van der Waals surface area contributed by atoms with Crippen molar-refractivity contribution in [3.05, 3.63) is 90.5 Å². The standard InChI is InChI=1S/C24H26N2O2/c1-24(26-23(27)25-2,21-11-7-4-8-12-21)17-18-28-22-15-13-20(14-16-22)19-9-5-3-6-10-19/h3-16H,17-18H2,1-2H3,(H2,25,26,27). The zero-order valence-corrected chi connectivity index (χ0v) is 16.3. The van der Waals surface area contributed by atoms with Crippen molar-refractivity contribution in [1.82, 2.24) is 10.6 Å². The zero-order valence-electron chi connectivity index (χ0n) is 16.3. The Balaban J connectivity index is 1.65. The topological polar surface area (TPSA) is 50.4 Å². The molecule has 2 N–H and O–H groups in total. The second-order valence-corrected chi connectivity index (χ2v) is 6.89. The molecule has 28 heavy (non-hydrogen) atoms. The predicted octanol–water partition coefficient (Wildman–Crippen LogP) is 4.97. The number of carbonyl (C=O) groups is 1. The van der Waals surface area contributed by atoms with E-state index >= 15 is 0 Å². The highest BCUT2D eigenvalue weighted by molar-refractivity contribution is 5.74. The van der Waals surface area contributed by atoms with Crippen LogP contribution in [0.4, 0.5) is 4.79 Å². The number of hydrogen-bond donors (Lipinski definition) is 2. The van der Waals surface area contributed by atoms with Crippen LogP contribution in [0.25, 0.3) is 11.1 Å². The lowest BCUT2D eigenvalue weighted by Gasteiger charge is -2.31. The molecule has 1 atom stereocenters. The number of nitrogens with one attached hydrogen (secondary N) is 2. The van der Waals surface area contributed by atoms with Gasteiger partial charge in [0.1, 0.15) is 5.75 Å². The summed E-state index contributed by atoms with van der Waals surface area (Å²) in [6, 6.07) is 28.1. The van der Waals surface area contributed by atoms with E-state index in [4.69, 9.17) is 4.74 Å². The van der Waals surface area contributed by atoms with Crippen molar-refractivity contribution in [2.24, 2.45) is 0 Å². The first-order valence-corrected chi connectivity index (χ1v) is 9.44. The second kappa shape index (κ2) is 9.09. The number of amides is 2. The van der Waals surface area contributed by atoms with Gasteiger partial charge in [-0.2, -0.15) is 0 Å². The molecule has 0 aliphatic rings. The van der Waals surface area contributed by atoms with E-state index in [-0.39, 0.29) is 6.03 Å². The molecule has 0 bridgehead atoms. The SMILES string of the molecule is CNC(=O)NC(C)(CCOc1ccc(-c2ccccc2)cc1)c1ccccc1. The maximum atomic E-state index is 11.9. The smallest absolute Gasteiger partial charge is 0.315 e. The normalized spacial score (nSPS) is 12.6. The lowest BCUT2D eigenvalue weighted by Crippen LogP contribution is -2.48. The Labute approximate surface area is 166 Å². The summed E-state index contributed by atoms with van der Waals surface area (Å²) in [6.07, 6.45) is 0.644. The summed E-state index contributed by atoms with van der Waals surface area (Å²) in [6.45, 7) is 2.50. The summed E-state index contributed by atoms with van der Waals surface area (Å²) >= 11 is 0. The Morgan fingerprint density at radius 3 is 2.04 bits per heavy atom. The van der Waals surface area contributed by atoms with Crippen LogP contribution in [0.3, 0.4) is 0 Å². The second-order valence-electron chi connectivity index (χ2n) is 6.89. The molecule has 0 radical (unpaired) electrons. The first-order chi connectivity index (χ1) is 13.6. The summed E-state index contributed by atoms with van der Waals surface area (Å²) in [5.41, 5.74) is 2.86. The fourth-order valence-electron chi connectivity index (χ4n) is 3.15. The Morgan fingerprint density at radius 1 is 0.857 bits per heavy atom. The van der Waals surface area contributed by atoms with Crippen LogP contribution in [0.15, 0.2) is 84.9 Å². The van der Waals surface area contributed by atoms with Crippen molar-refractivity contribution in [3.8, 4) is 16.9 Å². The molecular weight excluding hydrogens is 348 g/mol. The minimum absolute atomic E-state index is 0.210. The van der Waals surface area contributed by atoms with Gasteiger partial charge in [0.25, 0.3) is 0 Å². The molecule has 4 nitrogen and oxygen atoms in total. The molecule has 0 fully saturated rings. The molecule has 1 unspecified atom stereocenters. The van der Waals surface area contributed by atoms with Crippen LogP contribution in [0.2, 0.25) is 0 Å². The molecule has 2 amide bonds. The molecule has 3 rings (SSSR count). The van der Waals surface area contributed by atoms with Gasteiger partial charge >= 0.3 is 6.03 Å². The number of benzene rings is 3. The van der Waals surface area contributed by atoms with E-state index in [0.29, 0.717) is 13.0 Å². The Hall–Kier alpha value is -3.27. The highest BCUT2D eigenvalue weighted by Crippen LogP contribution is 2.26. The third kappa shape index (κ3) is 4.92. The quantitative estimate of drug-likeness (QED) is 0.614. The molecule has 0 saturated heterocycles. The van der Waals surface area contributed by atoms with Crippen molar-refractivity contribution >= 4 is 6.03 Å². The monoisotopic (exact) mass is 374 g/mol. The van der Waals surface area contributed by atoms with Gasteiger partial charge in [-0.1, -0.05) is 72.8 Å². The molecule has 0 aromatic heterocycles. The molecule has 0 aliphatic heterocycles. The van der Waals surface area contributed by atoms with Crippen LogP contribution in [0.1, 0.15) is 18.9 Å². The number of ether oxygens (including phenoxy) is 1. The van der Waals surface area contributed by atoms with Crippen LogP contribution in [0.5, 0.6) is 5.75 Å². The first-order valence-electron chi connectivity index (χ1n) is 9.44. The minimum Gasteiger partial charge on any atom is -0.493 e. The van der Waals surface area contributed by atoms with E-state index in [2.05, 4.69) is 34.9 Å². The third-order valence-electron chi connectivity index (χ3n) is 4.86. The van der Waals surface area contributed by atoms with E-state index in [1.165, 1.54) is 5.56 Å². The van der Waals surface area contributed by atoms with Crippen molar-refractivity contribution in [2.75, 3.05) is 13.7 Å². The largest absolute Gasteiger partial charge is 0.493 e. The maximum absolute atomic E-state index is 11.9. The molecule has 0 heterocycles. The van der Waals surface area contributed by atoms with Gasteiger partial charge in [0.05, 0.1) is 12.1 Å². The van der Waals surface area contributed by atoms with Gasteiger partial charge in [-0.05, 0) is 35.7 Å². The highest BCUT2D eigenvalue weighted by Gasteiger charge is 2.28. The Bertz CT molecular complexity index is 879. The average Bonchev–Trinajstić information content (AvgIpc) is 2.75. The van der Waals surface area contributed by atoms with E-state index in [1.807, 2.05) is 67.6 Å². The lowest BCUT2D eigenvalue weighted by molar-refractivity contribution is 0.212. The zero-order chi connectivity index (χ0) is 19.8. The van der Waals surface area contributed by atoms with Gasteiger partial charge in [0.2, 0.25) is 0 Å². The molecule has 144 valence electrons. The van der Waals surface area contributed by atoms with Gasteiger partial charge < -0.3 is 15.4 Å². The van der Waals surface area contributed by atoms with Gasteiger partial charge in [-0.3, -0.25) is 0 Å². The molecule has 0 spiro atoms. The first kappa shape index (κ1) is 19.5. The summed E-state index contributed by atoms with van der Waals surface area (Å²) < 4.78 is 5.96. The number of hydrogen-bond acceptors (Lipinski definition) is 2. The van der Waals surface area contributed by atoms with Crippen LogP contribution < -0.4 is 15.4 Å².